The smallest absolute Gasteiger partial charge is 0.335 e. The van der Waals surface area contributed by atoms with Gasteiger partial charge in [0.15, 0.2) is 0 Å². The Labute approximate surface area is 125 Å². The minimum Gasteiger partial charge on any atom is -0.478 e. The summed E-state index contributed by atoms with van der Waals surface area (Å²) in [4.78, 5) is 26.2. The van der Waals surface area contributed by atoms with E-state index in [0.717, 1.165) is 22.3 Å². The lowest BCUT2D eigenvalue weighted by Gasteiger charge is -2.36. The fraction of sp³-hybridized carbons (Fsp3) is 0.385. The van der Waals surface area contributed by atoms with Crippen molar-refractivity contribution in [2.24, 2.45) is 0 Å². The Hall–Kier alpha value is -1.31. The fourth-order valence-corrected chi connectivity index (χ4v) is 3.02. The van der Waals surface area contributed by atoms with Gasteiger partial charge >= 0.3 is 5.97 Å². The van der Waals surface area contributed by atoms with Crippen LogP contribution in [0.4, 0.5) is 5.69 Å². The van der Waals surface area contributed by atoms with Crippen molar-refractivity contribution in [2.75, 3.05) is 31.1 Å². The summed E-state index contributed by atoms with van der Waals surface area (Å²) in [5, 5.41) is 8.95. The molecule has 1 N–H and O–H groups in total. The average molecular weight is 374 g/mol. The lowest BCUT2D eigenvalue weighted by atomic mass is 10.2. The molecule has 2 rings (SSSR count). The number of aromatic carboxylic acids is 1. The highest BCUT2D eigenvalue weighted by atomic mass is 127. The van der Waals surface area contributed by atoms with Crippen LogP contribution in [0.5, 0.6) is 0 Å². The van der Waals surface area contributed by atoms with Crippen LogP contribution < -0.4 is 4.90 Å². The molecule has 0 aromatic heterocycles. The van der Waals surface area contributed by atoms with Crippen molar-refractivity contribution < 1.29 is 14.7 Å². The first-order valence-electron chi connectivity index (χ1n) is 6.02. The third-order valence-electron chi connectivity index (χ3n) is 3.26. The van der Waals surface area contributed by atoms with Gasteiger partial charge in [0.25, 0.3) is 0 Å². The number of carboxylic acid groups (broad SMARTS) is 1. The third-order valence-corrected chi connectivity index (χ3v) is 4.12. The highest BCUT2D eigenvalue weighted by molar-refractivity contribution is 14.1. The predicted molar refractivity (Wildman–Crippen MR) is 80.6 cm³/mol. The SMILES string of the molecule is CC(=O)N1CCN(c2ccc(C(=O)O)cc2I)CC1. The van der Waals surface area contributed by atoms with Crippen molar-refractivity contribution in [3.63, 3.8) is 0 Å². The number of halogens is 1. The van der Waals surface area contributed by atoms with E-state index in [0.29, 0.717) is 18.7 Å². The summed E-state index contributed by atoms with van der Waals surface area (Å²) >= 11 is 2.15. The molecule has 0 spiro atoms. The first-order chi connectivity index (χ1) is 8.99. The number of amides is 1. The number of benzene rings is 1. The number of piperazine rings is 1. The Kier molecular flexibility index (Phi) is 4.28. The zero-order valence-corrected chi connectivity index (χ0v) is 12.8. The second-order valence-corrected chi connectivity index (χ2v) is 5.63. The van der Waals surface area contributed by atoms with Gasteiger partial charge in [-0.2, -0.15) is 0 Å². The molecule has 1 aromatic rings. The summed E-state index contributed by atoms with van der Waals surface area (Å²) in [6.07, 6.45) is 0. The van der Waals surface area contributed by atoms with Gasteiger partial charge in [0, 0.05) is 36.7 Å². The van der Waals surface area contributed by atoms with Crippen molar-refractivity contribution in [1.29, 1.82) is 0 Å². The van der Waals surface area contributed by atoms with Gasteiger partial charge in [-0.15, -0.1) is 0 Å². The van der Waals surface area contributed by atoms with E-state index < -0.39 is 5.97 Å². The summed E-state index contributed by atoms with van der Waals surface area (Å²) in [7, 11) is 0. The molecule has 0 atom stereocenters. The van der Waals surface area contributed by atoms with Gasteiger partial charge in [-0.3, -0.25) is 4.79 Å². The van der Waals surface area contributed by atoms with E-state index in [2.05, 4.69) is 27.5 Å². The maximum atomic E-state index is 11.3. The van der Waals surface area contributed by atoms with Crippen molar-refractivity contribution in [1.82, 2.24) is 4.90 Å². The number of anilines is 1. The molecule has 1 aliphatic heterocycles. The second kappa shape index (κ2) is 5.77. The quantitative estimate of drug-likeness (QED) is 0.800. The molecule has 0 radical (unpaired) electrons. The van der Waals surface area contributed by atoms with Crippen LogP contribution in [-0.2, 0) is 4.79 Å². The normalized spacial score (nSPS) is 15.5. The summed E-state index contributed by atoms with van der Waals surface area (Å²) in [6, 6.07) is 5.14. The summed E-state index contributed by atoms with van der Waals surface area (Å²) < 4.78 is 0.925. The fourth-order valence-electron chi connectivity index (χ4n) is 2.16. The highest BCUT2D eigenvalue weighted by Gasteiger charge is 2.20. The Morgan fingerprint density at radius 2 is 1.84 bits per heavy atom. The highest BCUT2D eigenvalue weighted by Crippen LogP contribution is 2.25. The molecule has 1 fully saturated rings. The summed E-state index contributed by atoms with van der Waals surface area (Å²) in [5.74, 6) is -0.804. The molecule has 1 aliphatic rings. The van der Waals surface area contributed by atoms with E-state index in [-0.39, 0.29) is 5.91 Å². The zero-order chi connectivity index (χ0) is 14.0. The largest absolute Gasteiger partial charge is 0.478 e. The number of carbonyl (C=O) groups excluding carboxylic acids is 1. The molecule has 0 aliphatic carbocycles. The molecule has 102 valence electrons. The monoisotopic (exact) mass is 374 g/mol. The van der Waals surface area contributed by atoms with E-state index in [1.54, 1.807) is 19.1 Å². The van der Waals surface area contributed by atoms with Crippen LogP contribution in [0.3, 0.4) is 0 Å². The predicted octanol–water partition coefficient (Wildman–Crippen LogP) is 1.66. The van der Waals surface area contributed by atoms with Crippen molar-refractivity contribution in [2.45, 2.75) is 6.92 Å². The lowest BCUT2D eigenvalue weighted by Crippen LogP contribution is -2.48. The first kappa shape index (κ1) is 14.1. The molecule has 0 saturated carbocycles. The number of rotatable bonds is 2. The molecule has 1 aromatic carbocycles. The van der Waals surface area contributed by atoms with Gasteiger partial charge < -0.3 is 14.9 Å². The average Bonchev–Trinajstić information content (AvgIpc) is 2.38. The Balaban J connectivity index is 2.11. The molecule has 1 saturated heterocycles. The number of hydrogen-bond acceptors (Lipinski definition) is 3. The lowest BCUT2D eigenvalue weighted by molar-refractivity contribution is -0.129. The van der Waals surface area contributed by atoms with Crippen molar-refractivity contribution in [3.05, 3.63) is 27.3 Å². The number of carbonyl (C=O) groups is 2. The molecular weight excluding hydrogens is 359 g/mol. The van der Waals surface area contributed by atoms with E-state index in [9.17, 15) is 9.59 Å². The third kappa shape index (κ3) is 3.17. The first-order valence-corrected chi connectivity index (χ1v) is 7.10. The van der Waals surface area contributed by atoms with Gasteiger partial charge in [0.1, 0.15) is 0 Å². The van der Waals surface area contributed by atoms with Crippen LogP contribution in [-0.4, -0.2) is 48.1 Å². The van der Waals surface area contributed by atoms with Crippen LogP contribution in [0.25, 0.3) is 0 Å². The van der Waals surface area contributed by atoms with Gasteiger partial charge in [0.2, 0.25) is 5.91 Å². The number of hydrogen-bond donors (Lipinski definition) is 1. The molecular formula is C13H15IN2O3. The van der Waals surface area contributed by atoms with Crippen molar-refractivity contribution >= 4 is 40.2 Å². The number of carboxylic acids is 1. The van der Waals surface area contributed by atoms with Crippen LogP contribution in [0.1, 0.15) is 17.3 Å². The Morgan fingerprint density at radius 3 is 2.32 bits per heavy atom. The minimum absolute atomic E-state index is 0.107. The van der Waals surface area contributed by atoms with E-state index >= 15 is 0 Å². The minimum atomic E-state index is -0.911. The van der Waals surface area contributed by atoms with Gasteiger partial charge in [0.05, 0.1) is 11.3 Å². The standard InChI is InChI=1S/C13H15IN2O3/c1-9(17)15-4-6-16(7-5-15)12-3-2-10(13(18)19)8-11(12)14/h2-3,8H,4-7H2,1H3,(H,18,19). The number of nitrogens with zero attached hydrogens (tertiary/aromatic N) is 2. The molecule has 19 heavy (non-hydrogen) atoms. The van der Waals surface area contributed by atoms with E-state index in [1.807, 2.05) is 11.0 Å². The maximum Gasteiger partial charge on any atom is 0.335 e. The van der Waals surface area contributed by atoms with Gasteiger partial charge in [-0.05, 0) is 40.8 Å². The van der Waals surface area contributed by atoms with Crippen molar-refractivity contribution in [3.8, 4) is 0 Å². The van der Waals surface area contributed by atoms with Crippen LogP contribution >= 0.6 is 22.6 Å². The molecule has 0 unspecified atom stereocenters. The molecule has 1 heterocycles. The van der Waals surface area contributed by atoms with E-state index in [1.165, 1.54) is 0 Å². The van der Waals surface area contributed by atoms with Gasteiger partial charge in [-0.25, -0.2) is 4.79 Å². The maximum absolute atomic E-state index is 11.3. The molecule has 6 heteroatoms. The molecule has 1 amide bonds. The molecule has 0 bridgehead atoms. The molecule has 5 nitrogen and oxygen atoms in total. The summed E-state index contributed by atoms with van der Waals surface area (Å²) in [5.41, 5.74) is 1.34. The van der Waals surface area contributed by atoms with Crippen LogP contribution in [0.15, 0.2) is 18.2 Å². The van der Waals surface area contributed by atoms with Crippen LogP contribution in [0.2, 0.25) is 0 Å². The second-order valence-electron chi connectivity index (χ2n) is 4.46. The topological polar surface area (TPSA) is 60.9 Å². The van der Waals surface area contributed by atoms with E-state index in [4.69, 9.17) is 5.11 Å². The van der Waals surface area contributed by atoms with Gasteiger partial charge in [-0.1, -0.05) is 0 Å². The Bertz CT molecular complexity index is 511. The summed E-state index contributed by atoms with van der Waals surface area (Å²) in [6.45, 7) is 4.57. The zero-order valence-electron chi connectivity index (χ0n) is 10.6. The van der Waals surface area contributed by atoms with Crippen LogP contribution in [0, 0.1) is 3.57 Å². The Morgan fingerprint density at radius 1 is 1.21 bits per heavy atom.